The number of aromatic nitrogens is 2. The monoisotopic (exact) mass is 295 g/mol. The topological polar surface area (TPSA) is 83.1 Å². The van der Waals surface area contributed by atoms with Crippen LogP contribution < -0.4 is 0 Å². The van der Waals surface area contributed by atoms with E-state index in [1.807, 2.05) is 24.3 Å². The second kappa shape index (κ2) is 5.62. The summed E-state index contributed by atoms with van der Waals surface area (Å²) >= 11 is 0. The molecule has 0 atom stereocenters. The molecule has 1 aromatic heterocycles. The van der Waals surface area contributed by atoms with E-state index in [2.05, 4.69) is 9.97 Å². The van der Waals surface area contributed by atoms with Gasteiger partial charge in [-0.15, -0.1) is 0 Å². The minimum absolute atomic E-state index is 0.00440. The Labute approximate surface area is 117 Å². The summed E-state index contributed by atoms with van der Waals surface area (Å²) in [5, 5.41) is 0. The number of nitrogens with one attached hydrogen (secondary N) is 1. The van der Waals surface area contributed by atoms with Gasteiger partial charge in [-0.3, -0.25) is 4.79 Å². The predicted molar refractivity (Wildman–Crippen MR) is 76.9 cm³/mol. The van der Waals surface area contributed by atoms with Crippen LogP contribution in [0.2, 0.25) is 0 Å². The van der Waals surface area contributed by atoms with Crippen LogP contribution in [0.4, 0.5) is 0 Å². The third-order valence-electron chi connectivity index (χ3n) is 2.94. The Morgan fingerprint density at radius 2 is 2.05 bits per heavy atom. The molecule has 0 saturated carbocycles. The van der Waals surface area contributed by atoms with Crippen LogP contribution in [-0.2, 0) is 21.2 Å². The summed E-state index contributed by atoms with van der Waals surface area (Å²) in [5.41, 5.74) is 1.76. The van der Waals surface area contributed by atoms with Crippen LogP contribution in [0.1, 0.15) is 12.2 Å². The van der Waals surface area contributed by atoms with Gasteiger partial charge < -0.3 is 9.88 Å². The summed E-state index contributed by atoms with van der Waals surface area (Å²) in [4.78, 5) is 20.8. The molecule has 0 saturated heterocycles. The number of carbonyl (C=O) groups is 1. The lowest BCUT2D eigenvalue weighted by atomic mass is 10.3. The van der Waals surface area contributed by atoms with E-state index in [4.69, 9.17) is 0 Å². The van der Waals surface area contributed by atoms with E-state index in [0.29, 0.717) is 12.4 Å². The average molecular weight is 295 g/mol. The summed E-state index contributed by atoms with van der Waals surface area (Å²) in [7, 11) is -1.48. The van der Waals surface area contributed by atoms with Crippen molar-refractivity contribution in [1.82, 2.24) is 14.9 Å². The molecular formula is C13H17N3O3S. The van der Waals surface area contributed by atoms with Gasteiger partial charge in [0.1, 0.15) is 15.7 Å². The number of amides is 1. The van der Waals surface area contributed by atoms with Gasteiger partial charge in [0, 0.05) is 19.7 Å². The van der Waals surface area contributed by atoms with Crippen LogP contribution in [-0.4, -0.2) is 48.2 Å². The van der Waals surface area contributed by atoms with Crippen molar-refractivity contribution in [3.63, 3.8) is 0 Å². The van der Waals surface area contributed by atoms with E-state index < -0.39 is 9.84 Å². The average Bonchev–Trinajstić information content (AvgIpc) is 2.76. The number of hydrogen-bond donors (Lipinski definition) is 1. The molecule has 0 fully saturated rings. The SMILES string of the molecule is CN(Cc1nc2ccccc2[nH]1)C(=O)CCS(C)(=O)=O. The summed E-state index contributed by atoms with van der Waals surface area (Å²) in [6.07, 6.45) is 1.12. The van der Waals surface area contributed by atoms with Crippen LogP contribution in [0.25, 0.3) is 11.0 Å². The fraction of sp³-hybridized carbons (Fsp3) is 0.385. The highest BCUT2D eigenvalue weighted by molar-refractivity contribution is 7.90. The molecule has 2 rings (SSSR count). The lowest BCUT2D eigenvalue weighted by Crippen LogP contribution is -2.28. The third-order valence-corrected chi connectivity index (χ3v) is 3.88. The largest absolute Gasteiger partial charge is 0.340 e. The third kappa shape index (κ3) is 3.80. The number of imidazole rings is 1. The van der Waals surface area contributed by atoms with Crippen LogP contribution in [0.3, 0.4) is 0 Å². The lowest BCUT2D eigenvalue weighted by Gasteiger charge is -2.15. The van der Waals surface area contributed by atoms with Crippen molar-refractivity contribution >= 4 is 26.8 Å². The fourth-order valence-electron chi connectivity index (χ4n) is 1.86. The molecule has 1 aromatic carbocycles. The standard InChI is InChI=1S/C13H17N3O3S/c1-16(13(17)7-8-20(2,18)19)9-12-14-10-5-3-4-6-11(10)15-12/h3-6H,7-9H2,1-2H3,(H,14,15). The van der Waals surface area contributed by atoms with E-state index in [0.717, 1.165) is 17.3 Å². The molecular weight excluding hydrogens is 278 g/mol. The quantitative estimate of drug-likeness (QED) is 0.890. The Kier molecular flexibility index (Phi) is 4.08. The predicted octanol–water partition coefficient (Wildman–Crippen LogP) is 0.956. The Bertz CT molecular complexity index is 688. The van der Waals surface area contributed by atoms with Gasteiger partial charge in [-0.2, -0.15) is 0 Å². The van der Waals surface area contributed by atoms with E-state index in [1.54, 1.807) is 7.05 Å². The van der Waals surface area contributed by atoms with Crippen molar-refractivity contribution in [2.45, 2.75) is 13.0 Å². The first kappa shape index (κ1) is 14.5. The molecule has 20 heavy (non-hydrogen) atoms. The first-order valence-corrected chi connectivity index (χ1v) is 8.26. The highest BCUT2D eigenvalue weighted by Crippen LogP contribution is 2.11. The molecule has 2 aromatic rings. The van der Waals surface area contributed by atoms with Crippen molar-refractivity contribution in [2.75, 3.05) is 19.1 Å². The maximum Gasteiger partial charge on any atom is 0.223 e. The van der Waals surface area contributed by atoms with E-state index in [1.165, 1.54) is 4.90 Å². The maximum atomic E-state index is 11.8. The Hall–Kier alpha value is -1.89. The summed E-state index contributed by atoms with van der Waals surface area (Å²) in [5.74, 6) is 0.341. The smallest absolute Gasteiger partial charge is 0.223 e. The van der Waals surface area contributed by atoms with Gasteiger partial charge in [-0.1, -0.05) is 12.1 Å². The van der Waals surface area contributed by atoms with E-state index in [9.17, 15) is 13.2 Å². The van der Waals surface area contributed by atoms with Gasteiger partial charge in [0.15, 0.2) is 0 Å². The van der Waals surface area contributed by atoms with E-state index in [-0.39, 0.29) is 18.1 Å². The van der Waals surface area contributed by atoms with E-state index >= 15 is 0 Å². The molecule has 1 amide bonds. The molecule has 0 radical (unpaired) electrons. The number of aromatic amines is 1. The zero-order chi connectivity index (χ0) is 14.8. The molecule has 0 bridgehead atoms. The van der Waals surface area contributed by atoms with Crippen LogP contribution >= 0.6 is 0 Å². The molecule has 7 heteroatoms. The number of sulfone groups is 1. The molecule has 0 unspecified atom stereocenters. The van der Waals surface area contributed by atoms with Gasteiger partial charge in [0.25, 0.3) is 0 Å². The highest BCUT2D eigenvalue weighted by Gasteiger charge is 2.14. The van der Waals surface area contributed by atoms with Crippen molar-refractivity contribution in [3.05, 3.63) is 30.1 Å². The van der Waals surface area contributed by atoms with Crippen LogP contribution in [0.15, 0.2) is 24.3 Å². The van der Waals surface area contributed by atoms with Gasteiger partial charge >= 0.3 is 0 Å². The van der Waals surface area contributed by atoms with Crippen molar-refractivity contribution < 1.29 is 13.2 Å². The molecule has 1 N–H and O–H groups in total. The van der Waals surface area contributed by atoms with Gasteiger partial charge in [0.05, 0.1) is 23.3 Å². The summed E-state index contributed by atoms with van der Waals surface area (Å²) in [6.45, 7) is 0.331. The van der Waals surface area contributed by atoms with Crippen molar-refractivity contribution in [3.8, 4) is 0 Å². The fourth-order valence-corrected chi connectivity index (χ4v) is 2.40. The number of carbonyl (C=O) groups excluding carboxylic acids is 1. The molecule has 6 nitrogen and oxygen atoms in total. The number of benzene rings is 1. The van der Waals surface area contributed by atoms with Gasteiger partial charge in [0.2, 0.25) is 5.91 Å². The normalized spacial score (nSPS) is 11.7. The van der Waals surface area contributed by atoms with Gasteiger partial charge in [-0.05, 0) is 12.1 Å². The van der Waals surface area contributed by atoms with Crippen LogP contribution in [0, 0.1) is 0 Å². The maximum absolute atomic E-state index is 11.8. The van der Waals surface area contributed by atoms with Crippen molar-refractivity contribution in [2.24, 2.45) is 0 Å². The molecule has 0 aliphatic rings. The Balaban J connectivity index is 2.00. The number of rotatable bonds is 5. The molecule has 108 valence electrons. The minimum atomic E-state index is -3.12. The molecule has 1 heterocycles. The number of H-pyrrole nitrogens is 1. The number of nitrogens with zero attached hydrogens (tertiary/aromatic N) is 2. The second-order valence-electron chi connectivity index (χ2n) is 4.83. The van der Waals surface area contributed by atoms with Crippen LogP contribution in [0.5, 0.6) is 0 Å². The minimum Gasteiger partial charge on any atom is -0.340 e. The molecule has 0 aliphatic carbocycles. The lowest BCUT2D eigenvalue weighted by molar-refractivity contribution is -0.130. The molecule has 0 spiro atoms. The summed E-state index contributed by atoms with van der Waals surface area (Å²) < 4.78 is 22.1. The molecule has 0 aliphatic heterocycles. The first-order chi connectivity index (χ1) is 9.35. The van der Waals surface area contributed by atoms with Crippen molar-refractivity contribution in [1.29, 1.82) is 0 Å². The Morgan fingerprint density at radius 1 is 1.35 bits per heavy atom. The summed E-state index contributed by atoms with van der Waals surface area (Å²) in [6, 6.07) is 7.61. The number of para-hydroxylation sites is 2. The zero-order valence-corrected chi connectivity index (χ0v) is 12.3. The first-order valence-electron chi connectivity index (χ1n) is 6.20. The highest BCUT2D eigenvalue weighted by atomic mass is 32.2. The Morgan fingerprint density at radius 3 is 2.70 bits per heavy atom. The number of fused-ring (bicyclic) bond motifs is 1. The number of hydrogen-bond acceptors (Lipinski definition) is 4. The second-order valence-corrected chi connectivity index (χ2v) is 7.09. The van der Waals surface area contributed by atoms with Gasteiger partial charge in [-0.25, -0.2) is 13.4 Å². The zero-order valence-electron chi connectivity index (χ0n) is 11.5.